The lowest BCUT2D eigenvalue weighted by Crippen LogP contribution is -2.51. The number of nitrogens with zero attached hydrogens (tertiary/aromatic N) is 2. The fraction of sp³-hybridized carbons (Fsp3) is 0.125. The van der Waals surface area contributed by atoms with Crippen LogP contribution in [0, 0.1) is 0 Å². The lowest BCUT2D eigenvalue weighted by Gasteiger charge is -2.29. The van der Waals surface area contributed by atoms with E-state index >= 15 is 0 Å². The van der Waals surface area contributed by atoms with Gasteiger partial charge in [-0.2, -0.15) is 0 Å². The molecule has 2 aliphatic rings. The van der Waals surface area contributed by atoms with Gasteiger partial charge in [-0.25, -0.2) is 0 Å². The summed E-state index contributed by atoms with van der Waals surface area (Å²) in [6.07, 6.45) is 3.54. The van der Waals surface area contributed by atoms with Gasteiger partial charge in [0.2, 0.25) is 0 Å². The highest BCUT2D eigenvalue weighted by Gasteiger charge is 2.37. The summed E-state index contributed by atoms with van der Waals surface area (Å²) < 4.78 is 0. The first-order chi connectivity index (χ1) is 10.5. The summed E-state index contributed by atoms with van der Waals surface area (Å²) in [5, 5.41) is 0. The molecule has 0 aliphatic carbocycles. The third kappa shape index (κ3) is 4.52. The van der Waals surface area contributed by atoms with Crippen LogP contribution >= 0.6 is 0 Å². The molecule has 2 rings (SSSR count). The number of hydrogen-bond acceptors (Lipinski definition) is 4. The van der Waals surface area contributed by atoms with Gasteiger partial charge in [0.15, 0.2) is 0 Å². The van der Waals surface area contributed by atoms with Crippen molar-refractivity contribution in [2.75, 3.05) is 0 Å². The number of amides is 4. The zero-order valence-electron chi connectivity index (χ0n) is 12.7. The summed E-state index contributed by atoms with van der Waals surface area (Å²) in [4.78, 5) is 47.1. The Balaban J connectivity index is 0. The molecular weight excluding hydrogens is 284 g/mol. The van der Waals surface area contributed by atoms with Crippen molar-refractivity contribution in [1.82, 2.24) is 9.80 Å². The van der Waals surface area contributed by atoms with E-state index in [9.17, 15) is 19.2 Å². The molecule has 0 aromatic carbocycles. The topological polar surface area (TPSA) is 74.8 Å². The average Bonchev–Trinajstić information content (AvgIpc) is 3.07. The van der Waals surface area contributed by atoms with Crippen molar-refractivity contribution in [3.63, 3.8) is 0 Å². The summed E-state index contributed by atoms with van der Waals surface area (Å²) in [7, 11) is 0. The lowest BCUT2D eigenvalue weighted by atomic mass is 10.4. The SMILES string of the molecule is C=C.C=C.C=C.CC(N1C(=O)C=CC1=O)N1C(=O)C=CC1=O. The molecule has 6 nitrogen and oxygen atoms in total. The maximum absolute atomic E-state index is 11.3. The van der Waals surface area contributed by atoms with E-state index in [0.29, 0.717) is 0 Å². The van der Waals surface area contributed by atoms with Crippen LogP contribution in [-0.2, 0) is 19.2 Å². The summed E-state index contributed by atoms with van der Waals surface area (Å²) >= 11 is 0. The van der Waals surface area contributed by atoms with Crippen molar-refractivity contribution < 1.29 is 19.2 Å². The van der Waals surface area contributed by atoms with Gasteiger partial charge in [0.25, 0.3) is 23.6 Å². The minimum atomic E-state index is -0.898. The molecule has 0 radical (unpaired) electrons. The highest BCUT2D eigenvalue weighted by Crippen LogP contribution is 2.16. The van der Waals surface area contributed by atoms with Gasteiger partial charge < -0.3 is 0 Å². The first-order valence-corrected chi connectivity index (χ1v) is 6.13. The van der Waals surface area contributed by atoms with Crippen LogP contribution in [-0.4, -0.2) is 39.6 Å². The molecule has 0 saturated heterocycles. The van der Waals surface area contributed by atoms with Gasteiger partial charge in [-0.05, 0) is 6.92 Å². The van der Waals surface area contributed by atoms with Gasteiger partial charge >= 0.3 is 0 Å². The Morgan fingerprint density at radius 3 is 1.00 bits per heavy atom. The highest BCUT2D eigenvalue weighted by molar-refractivity contribution is 6.16. The van der Waals surface area contributed by atoms with Crippen LogP contribution in [0.2, 0.25) is 0 Å². The van der Waals surface area contributed by atoms with Crippen LogP contribution in [0.15, 0.2) is 63.8 Å². The second kappa shape index (κ2) is 10.7. The van der Waals surface area contributed by atoms with Gasteiger partial charge in [-0.1, -0.05) is 0 Å². The predicted octanol–water partition coefficient (Wildman–Crippen LogP) is 1.59. The van der Waals surface area contributed by atoms with Crippen molar-refractivity contribution >= 4 is 23.6 Å². The maximum Gasteiger partial charge on any atom is 0.255 e. The Morgan fingerprint density at radius 2 is 0.818 bits per heavy atom. The molecule has 0 aromatic rings. The van der Waals surface area contributed by atoms with Crippen LogP contribution in [0.25, 0.3) is 0 Å². The van der Waals surface area contributed by atoms with E-state index in [4.69, 9.17) is 0 Å². The Labute approximate surface area is 130 Å². The monoisotopic (exact) mass is 304 g/mol. The number of imide groups is 2. The maximum atomic E-state index is 11.3. The normalized spacial score (nSPS) is 15.0. The third-order valence-electron chi connectivity index (χ3n) is 2.43. The quantitative estimate of drug-likeness (QED) is 0.573. The van der Waals surface area contributed by atoms with Crippen LogP contribution < -0.4 is 0 Å². The van der Waals surface area contributed by atoms with Gasteiger partial charge in [0.1, 0.15) is 6.17 Å². The molecule has 0 unspecified atom stereocenters. The molecule has 22 heavy (non-hydrogen) atoms. The van der Waals surface area contributed by atoms with Crippen molar-refractivity contribution in [3.05, 3.63) is 63.8 Å². The Bertz CT molecular complexity index is 426. The lowest BCUT2D eigenvalue weighted by molar-refractivity contribution is -0.151. The smallest absolute Gasteiger partial charge is 0.255 e. The molecule has 0 aromatic heterocycles. The molecule has 6 heteroatoms. The zero-order valence-corrected chi connectivity index (χ0v) is 12.7. The van der Waals surface area contributed by atoms with E-state index in [1.165, 1.54) is 6.92 Å². The molecule has 2 heterocycles. The summed E-state index contributed by atoms with van der Waals surface area (Å²) in [6.45, 7) is 19.4. The molecular formula is C16H20N2O4. The standard InChI is InChI=1S/C10H8N2O4.3C2H4/c1-6(11-7(13)2-3-8(11)14)12-9(15)4-5-10(12)16;3*1-2/h2-6H,1H3;3*1-2H2. The van der Waals surface area contributed by atoms with Crippen LogP contribution in [0.5, 0.6) is 0 Å². The van der Waals surface area contributed by atoms with E-state index in [2.05, 4.69) is 39.5 Å². The van der Waals surface area contributed by atoms with Crippen LogP contribution in [0.3, 0.4) is 0 Å². The minimum absolute atomic E-state index is 0.523. The first kappa shape index (κ1) is 21.3. The first-order valence-electron chi connectivity index (χ1n) is 6.13. The van der Waals surface area contributed by atoms with Crippen molar-refractivity contribution in [1.29, 1.82) is 0 Å². The second-order valence-electron chi connectivity index (χ2n) is 3.39. The fourth-order valence-electron chi connectivity index (χ4n) is 1.68. The van der Waals surface area contributed by atoms with E-state index < -0.39 is 29.8 Å². The largest absolute Gasteiger partial charge is 0.269 e. The molecule has 0 saturated carbocycles. The van der Waals surface area contributed by atoms with E-state index in [1.807, 2.05) is 0 Å². The molecule has 0 atom stereocenters. The van der Waals surface area contributed by atoms with E-state index in [-0.39, 0.29) is 0 Å². The molecule has 2 aliphatic heterocycles. The molecule has 0 bridgehead atoms. The second-order valence-corrected chi connectivity index (χ2v) is 3.39. The summed E-state index contributed by atoms with van der Waals surface area (Å²) in [6, 6.07) is 0. The number of rotatable bonds is 2. The molecule has 0 N–H and O–H groups in total. The Hall–Kier alpha value is -3.02. The molecule has 118 valence electrons. The van der Waals surface area contributed by atoms with Gasteiger partial charge in [0, 0.05) is 24.3 Å². The Kier molecular flexibility index (Phi) is 10.4. The fourth-order valence-corrected chi connectivity index (χ4v) is 1.68. The van der Waals surface area contributed by atoms with Crippen LogP contribution in [0.4, 0.5) is 0 Å². The average molecular weight is 304 g/mol. The van der Waals surface area contributed by atoms with Crippen molar-refractivity contribution in [2.45, 2.75) is 13.1 Å². The van der Waals surface area contributed by atoms with Gasteiger partial charge in [-0.3, -0.25) is 29.0 Å². The van der Waals surface area contributed by atoms with E-state index in [1.54, 1.807) is 0 Å². The highest BCUT2D eigenvalue weighted by atomic mass is 16.2. The summed E-state index contributed by atoms with van der Waals surface area (Å²) in [5.74, 6) is -2.09. The van der Waals surface area contributed by atoms with Gasteiger partial charge in [0.05, 0.1) is 0 Å². The van der Waals surface area contributed by atoms with Crippen molar-refractivity contribution in [2.24, 2.45) is 0 Å². The molecule has 4 amide bonds. The minimum Gasteiger partial charge on any atom is -0.269 e. The third-order valence-corrected chi connectivity index (χ3v) is 2.43. The summed E-state index contributed by atoms with van der Waals surface area (Å²) in [5.41, 5.74) is 0. The number of carbonyl (C=O) groups is 4. The molecule has 0 fully saturated rings. The van der Waals surface area contributed by atoms with Crippen molar-refractivity contribution in [3.8, 4) is 0 Å². The van der Waals surface area contributed by atoms with E-state index in [0.717, 1.165) is 34.1 Å². The predicted molar refractivity (Wildman–Crippen MR) is 85.2 cm³/mol. The van der Waals surface area contributed by atoms with Crippen LogP contribution in [0.1, 0.15) is 6.92 Å². The zero-order chi connectivity index (χ0) is 17.9. The Morgan fingerprint density at radius 1 is 0.636 bits per heavy atom. The number of carbonyl (C=O) groups excluding carboxylic acids is 4. The molecule has 0 spiro atoms. The number of hydrogen-bond donors (Lipinski definition) is 0. The van der Waals surface area contributed by atoms with Gasteiger partial charge in [-0.15, -0.1) is 39.5 Å².